The molecule has 1 aliphatic heterocycles. The molecule has 3 heterocycles. The van der Waals surface area contributed by atoms with Crippen molar-refractivity contribution in [2.24, 2.45) is 11.8 Å². The number of hydrogen-bond donors (Lipinski definition) is 1. The first-order chi connectivity index (χ1) is 15.0. The van der Waals surface area contributed by atoms with Gasteiger partial charge in [-0.1, -0.05) is 25.2 Å². The monoisotopic (exact) mass is 441 g/mol. The van der Waals surface area contributed by atoms with Crippen LogP contribution < -0.4 is 15.0 Å². The van der Waals surface area contributed by atoms with Gasteiger partial charge in [0, 0.05) is 19.6 Å². The summed E-state index contributed by atoms with van der Waals surface area (Å²) in [6, 6.07) is 7.83. The van der Waals surface area contributed by atoms with Crippen LogP contribution in [0.3, 0.4) is 0 Å². The van der Waals surface area contributed by atoms with Gasteiger partial charge in [-0.3, -0.25) is 4.79 Å². The molecule has 1 aliphatic rings. The molecule has 4 rings (SSSR count). The van der Waals surface area contributed by atoms with E-state index in [-0.39, 0.29) is 11.8 Å². The number of amides is 1. The van der Waals surface area contributed by atoms with Crippen LogP contribution in [0.2, 0.25) is 0 Å². The van der Waals surface area contributed by atoms with Crippen molar-refractivity contribution in [2.75, 3.05) is 31.6 Å². The van der Waals surface area contributed by atoms with Gasteiger partial charge in [-0.05, 0) is 56.4 Å². The molecule has 0 radical (unpaired) electrons. The number of aryl methyl sites for hydroxylation is 1. The number of nitrogens with one attached hydrogen (secondary N) is 1. The standard InChI is InChI=1S/C23H31N5O2S/c1-15(2)11-12-24-22(29)17-6-5-13-27(14-17)23-25-21-20(31-23)16(3)26-28(21)18-7-9-19(30-4)10-8-18/h7-10,15,17H,5-6,11-14H2,1-4H3,(H,24,29)/t17-/m1/s1. The van der Waals surface area contributed by atoms with Crippen molar-refractivity contribution in [1.29, 1.82) is 0 Å². The Morgan fingerprint density at radius 3 is 2.81 bits per heavy atom. The van der Waals surface area contributed by atoms with Crippen molar-refractivity contribution in [3.05, 3.63) is 30.0 Å². The Morgan fingerprint density at radius 2 is 2.10 bits per heavy atom. The van der Waals surface area contributed by atoms with Crippen molar-refractivity contribution in [3.8, 4) is 11.4 Å². The average Bonchev–Trinajstić information content (AvgIpc) is 3.34. The maximum absolute atomic E-state index is 12.6. The van der Waals surface area contributed by atoms with Gasteiger partial charge in [0.15, 0.2) is 10.8 Å². The predicted octanol–water partition coefficient (Wildman–Crippen LogP) is 4.18. The number of nitrogens with zero attached hydrogens (tertiary/aromatic N) is 4. The number of thiazole rings is 1. The molecule has 1 atom stereocenters. The zero-order valence-electron chi connectivity index (χ0n) is 18.7. The Kier molecular flexibility index (Phi) is 6.46. The number of benzene rings is 1. The fraction of sp³-hybridized carbons (Fsp3) is 0.522. The molecule has 1 aromatic carbocycles. The van der Waals surface area contributed by atoms with Crippen LogP contribution in [-0.4, -0.2) is 47.4 Å². The molecule has 7 nitrogen and oxygen atoms in total. The third-order valence-electron chi connectivity index (χ3n) is 5.78. The lowest BCUT2D eigenvalue weighted by Crippen LogP contribution is -2.43. The maximum Gasteiger partial charge on any atom is 0.224 e. The van der Waals surface area contributed by atoms with Gasteiger partial charge < -0.3 is 15.0 Å². The summed E-state index contributed by atoms with van der Waals surface area (Å²) in [5, 5.41) is 8.78. The Morgan fingerprint density at radius 1 is 1.32 bits per heavy atom. The van der Waals surface area contributed by atoms with Crippen molar-refractivity contribution in [2.45, 2.75) is 40.0 Å². The minimum Gasteiger partial charge on any atom is -0.497 e. The summed E-state index contributed by atoms with van der Waals surface area (Å²) in [6.07, 6.45) is 2.95. The van der Waals surface area contributed by atoms with Crippen LogP contribution in [0.1, 0.15) is 38.8 Å². The van der Waals surface area contributed by atoms with E-state index in [1.807, 2.05) is 35.9 Å². The van der Waals surface area contributed by atoms with Gasteiger partial charge in [0.05, 0.1) is 29.1 Å². The summed E-state index contributed by atoms with van der Waals surface area (Å²) < 4.78 is 8.25. The molecule has 2 aromatic heterocycles. The summed E-state index contributed by atoms with van der Waals surface area (Å²) in [5.41, 5.74) is 2.79. The number of aromatic nitrogens is 3. The predicted molar refractivity (Wildman–Crippen MR) is 125 cm³/mol. The highest BCUT2D eigenvalue weighted by Gasteiger charge is 2.28. The van der Waals surface area contributed by atoms with Crippen LogP contribution in [0.15, 0.2) is 24.3 Å². The highest BCUT2D eigenvalue weighted by atomic mass is 32.1. The minimum atomic E-state index is 0.0205. The SMILES string of the molecule is COc1ccc(-n2nc(C)c3sc(N4CCC[C@@H](C(=O)NCCC(C)C)C4)nc32)cc1. The molecular formula is C23H31N5O2S. The molecule has 166 valence electrons. The number of ether oxygens (including phenoxy) is 1. The third kappa shape index (κ3) is 4.69. The zero-order valence-corrected chi connectivity index (χ0v) is 19.5. The van der Waals surface area contributed by atoms with Crippen molar-refractivity contribution >= 4 is 32.7 Å². The lowest BCUT2D eigenvalue weighted by atomic mass is 9.97. The Hall–Kier alpha value is -2.61. The molecule has 0 bridgehead atoms. The molecule has 1 N–H and O–H groups in total. The van der Waals surface area contributed by atoms with Crippen molar-refractivity contribution < 1.29 is 9.53 Å². The number of anilines is 1. The number of carbonyl (C=O) groups excluding carboxylic acids is 1. The number of carbonyl (C=O) groups is 1. The smallest absolute Gasteiger partial charge is 0.224 e. The van der Waals surface area contributed by atoms with E-state index in [4.69, 9.17) is 14.8 Å². The summed E-state index contributed by atoms with van der Waals surface area (Å²) in [6.45, 7) is 8.78. The largest absolute Gasteiger partial charge is 0.497 e. The second-order valence-electron chi connectivity index (χ2n) is 8.60. The molecule has 31 heavy (non-hydrogen) atoms. The average molecular weight is 442 g/mol. The van der Waals surface area contributed by atoms with Gasteiger partial charge in [-0.15, -0.1) is 0 Å². The summed E-state index contributed by atoms with van der Waals surface area (Å²) in [5.74, 6) is 1.60. The molecule has 0 aliphatic carbocycles. The summed E-state index contributed by atoms with van der Waals surface area (Å²) in [7, 11) is 1.66. The van der Waals surface area contributed by atoms with E-state index >= 15 is 0 Å². The number of fused-ring (bicyclic) bond motifs is 1. The molecule has 1 amide bonds. The highest BCUT2D eigenvalue weighted by Crippen LogP contribution is 2.34. The fourth-order valence-electron chi connectivity index (χ4n) is 3.96. The normalized spacial score (nSPS) is 16.8. The zero-order chi connectivity index (χ0) is 22.0. The Balaban J connectivity index is 1.52. The van der Waals surface area contributed by atoms with E-state index in [9.17, 15) is 4.79 Å². The van der Waals surface area contributed by atoms with Crippen LogP contribution in [-0.2, 0) is 4.79 Å². The van der Waals surface area contributed by atoms with Gasteiger partial charge in [-0.25, -0.2) is 4.68 Å². The van der Waals surface area contributed by atoms with E-state index in [0.717, 1.165) is 71.5 Å². The summed E-state index contributed by atoms with van der Waals surface area (Å²) >= 11 is 1.66. The molecular weight excluding hydrogens is 410 g/mol. The summed E-state index contributed by atoms with van der Waals surface area (Å²) in [4.78, 5) is 19.8. The molecule has 1 saturated heterocycles. The second kappa shape index (κ2) is 9.26. The topological polar surface area (TPSA) is 72.3 Å². The highest BCUT2D eigenvalue weighted by molar-refractivity contribution is 7.22. The number of hydrogen-bond acceptors (Lipinski definition) is 6. The lowest BCUT2D eigenvalue weighted by Gasteiger charge is -2.31. The van der Waals surface area contributed by atoms with Crippen LogP contribution in [0, 0.1) is 18.8 Å². The molecule has 0 spiro atoms. The van der Waals surface area contributed by atoms with Gasteiger partial charge >= 0.3 is 0 Å². The van der Waals surface area contributed by atoms with E-state index < -0.39 is 0 Å². The number of methoxy groups -OCH3 is 1. The quantitative estimate of drug-likeness (QED) is 0.596. The van der Waals surface area contributed by atoms with Gasteiger partial charge in [0.25, 0.3) is 0 Å². The number of piperidine rings is 1. The van der Waals surface area contributed by atoms with Crippen LogP contribution in [0.25, 0.3) is 16.0 Å². The van der Waals surface area contributed by atoms with E-state index in [1.54, 1.807) is 18.4 Å². The molecule has 0 unspecified atom stereocenters. The Bertz CT molecular complexity index is 1040. The van der Waals surface area contributed by atoms with Crippen LogP contribution >= 0.6 is 11.3 Å². The number of rotatable bonds is 7. The van der Waals surface area contributed by atoms with E-state index in [2.05, 4.69) is 24.1 Å². The van der Waals surface area contributed by atoms with Gasteiger partial charge in [-0.2, -0.15) is 10.1 Å². The van der Waals surface area contributed by atoms with Gasteiger partial charge in [0.2, 0.25) is 5.91 Å². The molecule has 8 heteroatoms. The van der Waals surface area contributed by atoms with Crippen LogP contribution in [0.5, 0.6) is 5.75 Å². The van der Waals surface area contributed by atoms with E-state index in [1.165, 1.54) is 0 Å². The third-order valence-corrected chi connectivity index (χ3v) is 6.99. The first-order valence-corrected chi connectivity index (χ1v) is 11.8. The minimum absolute atomic E-state index is 0.0205. The first-order valence-electron chi connectivity index (χ1n) is 11.0. The van der Waals surface area contributed by atoms with Crippen molar-refractivity contribution in [3.63, 3.8) is 0 Å². The second-order valence-corrected chi connectivity index (χ2v) is 9.58. The molecule has 3 aromatic rings. The van der Waals surface area contributed by atoms with Crippen molar-refractivity contribution in [1.82, 2.24) is 20.1 Å². The fourth-order valence-corrected chi connectivity index (χ4v) is 4.98. The van der Waals surface area contributed by atoms with Gasteiger partial charge in [0.1, 0.15) is 5.75 Å². The molecule has 0 saturated carbocycles. The molecule has 1 fully saturated rings. The van der Waals surface area contributed by atoms with E-state index in [0.29, 0.717) is 5.92 Å². The lowest BCUT2D eigenvalue weighted by molar-refractivity contribution is -0.125. The first kappa shape index (κ1) is 21.6. The van der Waals surface area contributed by atoms with Crippen LogP contribution in [0.4, 0.5) is 5.13 Å². The Labute approximate surface area is 187 Å². The maximum atomic E-state index is 12.6.